The minimum Gasteiger partial charge on any atom is -0.310 e. The first kappa shape index (κ1) is 15.9. The van der Waals surface area contributed by atoms with E-state index in [0.717, 1.165) is 11.6 Å². The second-order valence-electron chi connectivity index (χ2n) is 6.82. The van der Waals surface area contributed by atoms with Crippen LogP contribution in [0.1, 0.15) is 64.5 Å². The fraction of sp³-hybridized carbons (Fsp3) is 0.667. The molecule has 0 heterocycles. The Kier molecular flexibility index (Phi) is 5.51. The summed E-state index contributed by atoms with van der Waals surface area (Å²) in [5.74, 6) is 0.712. The number of benzene rings is 1. The van der Waals surface area contributed by atoms with Gasteiger partial charge in [0.05, 0.1) is 0 Å². The first-order valence-corrected chi connectivity index (χ1v) is 8.41. The van der Waals surface area contributed by atoms with Crippen molar-refractivity contribution >= 4 is 11.6 Å². The van der Waals surface area contributed by atoms with E-state index in [2.05, 4.69) is 38.2 Å². The molecule has 0 bridgehead atoms. The molecule has 1 nitrogen and oxygen atoms in total. The molecule has 0 radical (unpaired) electrons. The van der Waals surface area contributed by atoms with Gasteiger partial charge in [-0.1, -0.05) is 57.3 Å². The van der Waals surface area contributed by atoms with Crippen LogP contribution >= 0.6 is 11.6 Å². The molecule has 112 valence electrons. The molecule has 1 aliphatic carbocycles. The van der Waals surface area contributed by atoms with Crippen LogP contribution in [0.4, 0.5) is 0 Å². The zero-order valence-electron chi connectivity index (χ0n) is 13.1. The topological polar surface area (TPSA) is 12.0 Å². The molecule has 0 aliphatic heterocycles. The predicted octanol–water partition coefficient (Wildman–Crippen LogP) is 5.60. The summed E-state index contributed by atoms with van der Waals surface area (Å²) in [5.41, 5.74) is 1.81. The van der Waals surface area contributed by atoms with Gasteiger partial charge in [-0.3, -0.25) is 0 Å². The van der Waals surface area contributed by atoms with Gasteiger partial charge >= 0.3 is 0 Å². The Labute approximate surface area is 129 Å². The minimum atomic E-state index is 0.420. The summed E-state index contributed by atoms with van der Waals surface area (Å²) in [7, 11) is 0. The standard InChI is InChI=1S/C18H28ClN/c1-4-13-20-17(14-8-10-15(19)11-9-14)16-7-5-6-12-18(16,2)3/h8-11,16-17,20H,4-7,12-13H2,1-3H3. The lowest BCUT2D eigenvalue weighted by Crippen LogP contribution is -2.39. The highest BCUT2D eigenvalue weighted by atomic mass is 35.5. The lowest BCUT2D eigenvalue weighted by atomic mass is 9.65. The quantitative estimate of drug-likeness (QED) is 0.745. The van der Waals surface area contributed by atoms with Gasteiger partial charge in [0.25, 0.3) is 0 Å². The van der Waals surface area contributed by atoms with Crippen LogP contribution in [0.5, 0.6) is 0 Å². The fourth-order valence-electron chi connectivity index (χ4n) is 3.60. The Morgan fingerprint density at radius 3 is 2.55 bits per heavy atom. The van der Waals surface area contributed by atoms with Crippen LogP contribution in [-0.4, -0.2) is 6.54 Å². The Bertz CT molecular complexity index is 410. The third-order valence-electron chi connectivity index (χ3n) is 4.84. The van der Waals surface area contributed by atoms with Gasteiger partial charge in [0.2, 0.25) is 0 Å². The van der Waals surface area contributed by atoms with Crippen molar-refractivity contribution in [2.75, 3.05) is 6.54 Å². The smallest absolute Gasteiger partial charge is 0.0406 e. The Morgan fingerprint density at radius 1 is 1.25 bits per heavy atom. The summed E-state index contributed by atoms with van der Waals surface area (Å²) >= 11 is 6.04. The second kappa shape index (κ2) is 6.95. The van der Waals surface area contributed by atoms with Gasteiger partial charge in [0.1, 0.15) is 0 Å². The molecular formula is C18H28ClN. The van der Waals surface area contributed by atoms with Crippen LogP contribution in [0.15, 0.2) is 24.3 Å². The van der Waals surface area contributed by atoms with Gasteiger partial charge in [0, 0.05) is 11.1 Å². The highest BCUT2D eigenvalue weighted by Gasteiger charge is 2.37. The molecular weight excluding hydrogens is 266 g/mol. The van der Waals surface area contributed by atoms with Gasteiger partial charge < -0.3 is 5.32 Å². The van der Waals surface area contributed by atoms with E-state index in [1.165, 1.54) is 37.7 Å². The number of nitrogens with one attached hydrogen (secondary N) is 1. The van der Waals surface area contributed by atoms with E-state index < -0.39 is 0 Å². The zero-order valence-corrected chi connectivity index (χ0v) is 13.8. The second-order valence-corrected chi connectivity index (χ2v) is 7.26. The molecule has 0 spiro atoms. The molecule has 1 fully saturated rings. The summed E-state index contributed by atoms with van der Waals surface area (Å²) in [6.07, 6.45) is 6.60. The van der Waals surface area contributed by atoms with Crippen molar-refractivity contribution in [2.24, 2.45) is 11.3 Å². The maximum atomic E-state index is 6.04. The highest BCUT2D eigenvalue weighted by Crippen LogP contribution is 2.46. The van der Waals surface area contributed by atoms with Gasteiger partial charge in [-0.15, -0.1) is 0 Å². The maximum absolute atomic E-state index is 6.04. The molecule has 2 rings (SSSR count). The van der Waals surface area contributed by atoms with E-state index >= 15 is 0 Å². The van der Waals surface area contributed by atoms with Crippen LogP contribution < -0.4 is 5.32 Å². The molecule has 0 aromatic heterocycles. The van der Waals surface area contributed by atoms with Gasteiger partial charge in [-0.05, 0) is 54.8 Å². The van der Waals surface area contributed by atoms with Crippen molar-refractivity contribution in [1.82, 2.24) is 5.32 Å². The van der Waals surface area contributed by atoms with E-state index in [-0.39, 0.29) is 0 Å². The van der Waals surface area contributed by atoms with E-state index in [4.69, 9.17) is 11.6 Å². The average molecular weight is 294 g/mol. The van der Waals surface area contributed by atoms with Crippen molar-refractivity contribution in [3.63, 3.8) is 0 Å². The number of halogens is 1. The summed E-state index contributed by atoms with van der Waals surface area (Å²) in [5, 5.41) is 4.61. The molecule has 0 amide bonds. The van der Waals surface area contributed by atoms with E-state index in [1.807, 2.05) is 12.1 Å². The maximum Gasteiger partial charge on any atom is 0.0406 e. The molecule has 1 saturated carbocycles. The third kappa shape index (κ3) is 3.77. The lowest BCUT2D eigenvalue weighted by molar-refractivity contribution is 0.0982. The molecule has 1 N–H and O–H groups in total. The number of rotatable bonds is 5. The van der Waals surface area contributed by atoms with Crippen LogP contribution in [0.3, 0.4) is 0 Å². The van der Waals surface area contributed by atoms with E-state index in [1.54, 1.807) is 0 Å². The number of hydrogen-bond donors (Lipinski definition) is 1. The monoisotopic (exact) mass is 293 g/mol. The lowest BCUT2D eigenvalue weighted by Gasteiger charge is -2.44. The molecule has 2 unspecified atom stereocenters. The molecule has 0 saturated heterocycles. The van der Waals surface area contributed by atoms with Crippen molar-refractivity contribution in [3.8, 4) is 0 Å². The van der Waals surface area contributed by atoms with Crippen LogP contribution in [0, 0.1) is 11.3 Å². The first-order chi connectivity index (χ1) is 9.54. The fourth-order valence-corrected chi connectivity index (χ4v) is 3.73. The largest absolute Gasteiger partial charge is 0.310 e. The Morgan fingerprint density at radius 2 is 1.95 bits per heavy atom. The summed E-state index contributed by atoms with van der Waals surface area (Å²) in [6.45, 7) is 8.19. The molecule has 1 aromatic carbocycles. The Hall–Kier alpha value is -0.530. The van der Waals surface area contributed by atoms with E-state index in [9.17, 15) is 0 Å². The van der Waals surface area contributed by atoms with Gasteiger partial charge in [0.15, 0.2) is 0 Å². The molecule has 2 heteroatoms. The zero-order chi connectivity index (χ0) is 14.6. The average Bonchev–Trinajstić information content (AvgIpc) is 2.42. The highest BCUT2D eigenvalue weighted by molar-refractivity contribution is 6.30. The first-order valence-electron chi connectivity index (χ1n) is 8.03. The third-order valence-corrected chi connectivity index (χ3v) is 5.09. The molecule has 20 heavy (non-hydrogen) atoms. The predicted molar refractivity (Wildman–Crippen MR) is 88.2 cm³/mol. The SMILES string of the molecule is CCCNC(c1ccc(Cl)cc1)C1CCCCC1(C)C. The van der Waals surface area contributed by atoms with E-state index in [0.29, 0.717) is 17.4 Å². The summed E-state index contributed by atoms with van der Waals surface area (Å²) in [6, 6.07) is 8.89. The van der Waals surface area contributed by atoms with Gasteiger partial charge in [-0.2, -0.15) is 0 Å². The summed E-state index contributed by atoms with van der Waals surface area (Å²) in [4.78, 5) is 0. The van der Waals surface area contributed by atoms with Crippen molar-refractivity contribution in [1.29, 1.82) is 0 Å². The van der Waals surface area contributed by atoms with Crippen LogP contribution in [0.25, 0.3) is 0 Å². The van der Waals surface area contributed by atoms with Crippen LogP contribution in [-0.2, 0) is 0 Å². The number of hydrogen-bond acceptors (Lipinski definition) is 1. The summed E-state index contributed by atoms with van der Waals surface area (Å²) < 4.78 is 0. The molecule has 1 aromatic rings. The normalized spacial score (nSPS) is 23.5. The van der Waals surface area contributed by atoms with Crippen molar-refractivity contribution < 1.29 is 0 Å². The van der Waals surface area contributed by atoms with Crippen LogP contribution in [0.2, 0.25) is 5.02 Å². The van der Waals surface area contributed by atoms with Gasteiger partial charge in [-0.25, -0.2) is 0 Å². The van der Waals surface area contributed by atoms with Crippen molar-refractivity contribution in [2.45, 2.75) is 58.9 Å². The molecule has 2 atom stereocenters. The minimum absolute atomic E-state index is 0.420. The van der Waals surface area contributed by atoms with Crippen molar-refractivity contribution in [3.05, 3.63) is 34.9 Å². The molecule has 1 aliphatic rings. The Balaban J connectivity index is 2.24.